The van der Waals surface area contributed by atoms with Gasteiger partial charge in [0.25, 0.3) is 11.5 Å². The third kappa shape index (κ3) is 3.63. The summed E-state index contributed by atoms with van der Waals surface area (Å²) in [6, 6.07) is 3.50. The Morgan fingerprint density at radius 3 is 2.73 bits per heavy atom. The van der Waals surface area contributed by atoms with Crippen LogP contribution in [0.2, 0.25) is 0 Å². The molecule has 2 aromatic rings. The predicted octanol–water partition coefficient (Wildman–Crippen LogP) is 1.03. The van der Waals surface area contributed by atoms with Crippen LogP contribution in [0.3, 0.4) is 0 Å². The Kier molecular flexibility index (Phi) is 4.48. The number of carbonyl (C=O) groups excluding carboxylic acids is 1. The van der Waals surface area contributed by atoms with Crippen LogP contribution in [0.25, 0.3) is 0 Å². The zero-order valence-corrected chi connectivity index (χ0v) is 14.9. The molecule has 8 heteroatoms. The Hall–Kier alpha value is -2.64. The molecule has 0 spiro atoms. The fourth-order valence-corrected chi connectivity index (χ4v) is 3.41. The van der Waals surface area contributed by atoms with Gasteiger partial charge in [-0.15, -0.1) is 0 Å². The van der Waals surface area contributed by atoms with Crippen molar-refractivity contribution in [2.24, 2.45) is 13.0 Å². The summed E-state index contributed by atoms with van der Waals surface area (Å²) < 4.78 is 1.33. The van der Waals surface area contributed by atoms with Crippen LogP contribution in [0.4, 0.5) is 5.69 Å². The highest BCUT2D eigenvalue weighted by Gasteiger charge is 2.27. The van der Waals surface area contributed by atoms with E-state index >= 15 is 0 Å². The van der Waals surface area contributed by atoms with Crippen molar-refractivity contribution in [1.82, 2.24) is 25.3 Å². The molecule has 8 nitrogen and oxygen atoms in total. The van der Waals surface area contributed by atoms with Crippen molar-refractivity contribution < 1.29 is 4.79 Å². The lowest BCUT2D eigenvalue weighted by Gasteiger charge is -2.33. The van der Waals surface area contributed by atoms with Gasteiger partial charge in [-0.2, -0.15) is 10.2 Å². The molecule has 3 heterocycles. The van der Waals surface area contributed by atoms with E-state index in [1.54, 1.807) is 19.3 Å². The lowest BCUT2D eigenvalue weighted by Crippen LogP contribution is -2.39. The van der Waals surface area contributed by atoms with E-state index < -0.39 is 0 Å². The van der Waals surface area contributed by atoms with Crippen LogP contribution in [0.5, 0.6) is 0 Å². The van der Waals surface area contributed by atoms with Crippen molar-refractivity contribution in [2.45, 2.75) is 31.6 Å². The molecule has 4 rings (SSSR count). The van der Waals surface area contributed by atoms with Gasteiger partial charge in [0, 0.05) is 44.4 Å². The van der Waals surface area contributed by atoms with Gasteiger partial charge >= 0.3 is 0 Å². The molecule has 1 saturated heterocycles. The van der Waals surface area contributed by atoms with Crippen LogP contribution in [0.15, 0.2) is 23.1 Å². The van der Waals surface area contributed by atoms with E-state index in [1.165, 1.54) is 17.5 Å². The number of aromatic nitrogens is 4. The fraction of sp³-hybridized carbons (Fsp3) is 0.556. The maximum atomic E-state index is 12.2. The quantitative estimate of drug-likeness (QED) is 0.834. The molecule has 1 aliphatic heterocycles. The molecular formula is C18H24N6O2. The number of hydrogen-bond acceptors (Lipinski definition) is 5. The van der Waals surface area contributed by atoms with Gasteiger partial charge in [0.1, 0.15) is 5.69 Å². The van der Waals surface area contributed by atoms with Gasteiger partial charge in [0.15, 0.2) is 0 Å². The molecule has 0 unspecified atom stereocenters. The highest BCUT2D eigenvalue weighted by atomic mass is 16.2. The van der Waals surface area contributed by atoms with Gasteiger partial charge in [-0.1, -0.05) is 0 Å². The summed E-state index contributed by atoms with van der Waals surface area (Å²) in [5.41, 5.74) is 2.34. The van der Waals surface area contributed by atoms with Gasteiger partial charge in [-0.05, 0) is 37.7 Å². The molecule has 0 radical (unpaired) electrons. The zero-order chi connectivity index (χ0) is 18.1. The van der Waals surface area contributed by atoms with Crippen LogP contribution >= 0.6 is 0 Å². The Bertz CT molecular complexity index is 845. The van der Waals surface area contributed by atoms with E-state index in [1.807, 2.05) is 6.07 Å². The number of aromatic amines is 1. The van der Waals surface area contributed by atoms with Crippen LogP contribution in [0.1, 0.15) is 47.8 Å². The molecule has 2 aromatic heterocycles. The van der Waals surface area contributed by atoms with E-state index in [0.717, 1.165) is 37.3 Å². The highest BCUT2D eigenvalue weighted by Crippen LogP contribution is 2.38. The number of amides is 1. The Balaban J connectivity index is 1.26. The smallest absolute Gasteiger partial charge is 0.271 e. The van der Waals surface area contributed by atoms with Crippen molar-refractivity contribution in [1.29, 1.82) is 0 Å². The first-order chi connectivity index (χ1) is 12.6. The summed E-state index contributed by atoms with van der Waals surface area (Å²) >= 11 is 0. The van der Waals surface area contributed by atoms with Gasteiger partial charge in [-0.3, -0.25) is 14.7 Å². The second-order valence-corrected chi connectivity index (χ2v) is 7.30. The lowest BCUT2D eigenvalue weighted by molar-refractivity contribution is 0.0940. The summed E-state index contributed by atoms with van der Waals surface area (Å²) in [5.74, 6) is 0.903. The van der Waals surface area contributed by atoms with Crippen LogP contribution in [0, 0.1) is 5.92 Å². The molecular weight excluding hydrogens is 332 g/mol. The van der Waals surface area contributed by atoms with Gasteiger partial charge in [0.05, 0.1) is 11.9 Å². The van der Waals surface area contributed by atoms with Crippen LogP contribution in [-0.2, 0) is 7.05 Å². The summed E-state index contributed by atoms with van der Waals surface area (Å²) in [6.07, 6.45) is 6.06. The number of rotatable bonds is 5. The summed E-state index contributed by atoms with van der Waals surface area (Å²) in [4.78, 5) is 26.2. The second kappa shape index (κ2) is 6.93. The summed E-state index contributed by atoms with van der Waals surface area (Å²) in [7, 11) is 1.65. The van der Waals surface area contributed by atoms with E-state index in [0.29, 0.717) is 24.1 Å². The third-order valence-corrected chi connectivity index (χ3v) is 5.33. The third-order valence-electron chi connectivity index (χ3n) is 5.33. The average molecular weight is 356 g/mol. The Morgan fingerprint density at radius 1 is 1.27 bits per heavy atom. The molecule has 2 N–H and O–H groups in total. The van der Waals surface area contributed by atoms with E-state index in [2.05, 4.69) is 25.5 Å². The predicted molar refractivity (Wildman–Crippen MR) is 97.3 cm³/mol. The van der Waals surface area contributed by atoms with Crippen LogP contribution in [-0.4, -0.2) is 45.5 Å². The average Bonchev–Trinajstić information content (AvgIpc) is 3.39. The molecule has 1 amide bonds. The van der Waals surface area contributed by atoms with Gasteiger partial charge in [0.2, 0.25) is 0 Å². The highest BCUT2D eigenvalue weighted by molar-refractivity contribution is 5.92. The standard InChI is InChI=1S/C18H24N6O2/c1-23-17(25)8-14(11-20-23)24-6-4-12(5-7-24)10-19-18(26)16-9-15(21-22-16)13-2-3-13/h8-9,11-13H,2-7,10H2,1H3,(H,19,26)(H,21,22). The molecule has 1 aliphatic carbocycles. The minimum absolute atomic E-state index is 0.0959. The number of anilines is 1. The molecule has 0 atom stereocenters. The van der Waals surface area contributed by atoms with Crippen LogP contribution < -0.4 is 15.8 Å². The van der Waals surface area contributed by atoms with Gasteiger partial charge < -0.3 is 10.2 Å². The summed E-state index contributed by atoms with van der Waals surface area (Å²) in [6.45, 7) is 2.39. The maximum Gasteiger partial charge on any atom is 0.271 e. The number of nitrogens with one attached hydrogen (secondary N) is 2. The molecule has 0 bridgehead atoms. The van der Waals surface area contributed by atoms with Gasteiger partial charge in [-0.25, -0.2) is 4.68 Å². The van der Waals surface area contributed by atoms with E-state index in [-0.39, 0.29) is 11.5 Å². The fourth-order valence-electron chi connectivity index (χ4n) is 3.41. The maximum absolute atomic E-state index is 12.2. The van der Waals surface area contributed by atoms with E-state index in [4.69, 9.17) is 0 Å². The zero-order valence-electron chi connectivity index (χ0n) is 14.9. The molecule has 26 heavy (non-hydrogen) atoms. The molecule has 138 valence electrons. The minimum atomic E-state index is -0.105. The first-order valence-corrected chi connectivity index (χ1v) is 9.22. The van der Waals surface area contributed by atoms with Crippen molar-refractivity contribution in [3.63, 3.8) is 0 Å². The first kappa shape index (κ1) is 16.8. The Morgan fingerprint density at radius 2 is 2.04 bits per heavy atom. The molecule has 0 aromatic carbocycles. The van der Waals surface area contributed by atoms with Crippen molar-refractivity contribution in [3.8, 4) is 0 Å². The summed E-state index contributed by atoms with van der Waals surface area (Å²) in [5, 5.41) is 14.2. The normalized spacial score (nSPS) is 18.1. The van der Waals surface area contributed by atoms with Crippen molar-refractivity contribution in [3.05, 3.63) is 40.1 Å². The topological polar surface area (TPSA) is 95.9 Å². The van der Waals surface area contributed by atoms with Crippen molar-refractivity contribution >= 4 is 11.6 Å². The first-order valence-electron chi connectivity index (χ1n) is 9.22. The van der Waals surface area contributed by atoms with E-state index in [9.17, 15) is 9.59 Å². The number of nitrogens with zero attached hydrogens (tertiary/aromatic N) is 4. The number of hydrogen-bond donors (Lipinski definition) is 2. The second-order valence-electron chi connectivity index (χ2n) is 7.30. The number of aryl methyl sites for hydroxylation is 1. The molecule has 1 saturated carbocycles. The molecule has 2 fully saturated rings. The number of piperidine rings is 1. The Labute approximate surface area is 151 Å². The number of carbonyl (C=O) groups is 1. The minimum Gasteiger partial charge on any atom is -0.370 e. The van der Waals surface area contributed by atoms with Crippen molar-refractivity contribution in [2.75, 3.05) is 24.5 Å². The monoisotopic (exact) mass is 356 g/mol. The SMILES string of the molecule is Cn1ncc(N2CCC(CNC(=O)c3cc(C4CC4)[nH]n3)CC2)cc1=O. The molecule has 2 aliphatic rings. The largest absolute Gasteiger partial charge is 0.370 e. The lowest BCUT2D eigenvalue weighted by atomic mass is 9.96. The number of H-pyrrole nitrogens is 1.